The minimum Gasteiger partial charge on any atom is -0.444 e. The van der Waals surface area contributed by atoms with Crippen LogP contribution in [0.3, 0.4) is 0 Å². The molecule has 0 radical (unpaired) electrons. The average Bonchev–Trinajstić information content (AvgIpc) is 2.43. The molecule has 1 atom stereocenters. The summed E-state index contributed by atoms with van der Waals surface area (Å²) in [5, 5.41) is 3.01. The number of hydrogen-bond acceptors (Lipinski definition) is 4. The van der Waals surface area contributed by atoms with Gasteiger partial charge < -0.3 is 19.7 Å². The third kappa shape index (κ3) is 6.77. The average molecular weight is 328 g/mol. The van der Waals surface area contributed by atoms with Crippen LogP contribution in [0.25, 0.3) is 0 Å². The van der Waals surface area contributed by atoms with Crippen molar-refractivity contribution < 1.29 is 19.1 Å². The first-order valence-electron chi connectivity index (χ1n) is 8.34. The van der Waals surface area contributed by atoms with Gasteiger partial charge in [0.05, 0.1) is 5.41 Å². The summed E-state index contributed by atoms with van der Waals surface area (Å²) in [5.74, 6) is 0.229. The Morgan fingerprint density at radius 1 is 1.30 bits per heavy atom. The quantitative estimate of drug-likeness (QED) is 0.841. The molecule has 1 aliphatic rings. The van der Waals surface area contributed by atoms with E-state index in [4.69, 9.17) is 9.47 Å². The maximum atomic E-state index is 12.4. The molecule has 0 aromatic carbocycles. The van der Waals surface area contributed by atoms with Crippen molar-refractivity contribution >= 4 is 12.0 Å². The van der Waals surface area contributed by atoms with Gasteiger partial charge in [-0.2, -0.15) is 0 Å². The molecule has 6 nitrogen and oxygen atoms in total. The van der Waals surface area contributed by atoms with Crippen LogP contribution in [0.15, 0.2) is 0 Å². The summed E-state index contributed by atoms with van der Waals surface area (Å²) >= 11 is 0. The van der Waals surface area contributed by atoms with Gasteiger partial charge in [0.1, 0.15) is 5.60 Å². The van der Waals surface area contributed by atoms with E-state index >= 15 is 0 Å². The zero-order valence-corrected chi connectivity index (χ0v) is 15.4. The number of carbonyl (C=O) groups is 2. The number of nitrogens with zero attached hydrogens (tertiary/aromatic N) is 1. The second-order valence-corrected chi connectivity index (χ2v) is 7.85. The van der Waals surface area contributed by atoms with E-state index in [0.717, 1.165) is 12.8 Å². The molecule has 1 heterocycles. The third-order valence-corrected chi connectivity index (χ3v) is 4.05. The van der Waals surface area contributed by atoms with E-state index in [1.54, 1.807) is 11.9 Å². The summed E-state index contributed by atoms with van der Waals surface area (Å²) in [4.78, 5) is 25.8. The topological polar surface area (TPSA) is 67.9 Å². The number of carbonyl (C=O) groups excluding carboxylic acids is 2. The fourth-order valence-electron chi connectivity index (χ4n) is 2.48. The second-order valence-electron chi connectivity index (χ2n) is 7.85. The van der Waals surface area contributed by atoms with E-state index in [9.17, 15) is 9.59 Å². The van der Waals surface area contributed by atoms with Crippen LogP contribution in [0, 0.1) is 11.3 Å². The first kappa shape index (κ1) is 19.7. The Hall–Kier alpha value is -1.30. The normalized spacial score (nSPS) is 18.9. The first-order valence-corrected chi connectivity index (χ1v) is 8.34. The van der Waals surface area contributed by atoms with Crippen LogP contribution in [-0.2, 0) is 14.3 Å². The van der Waals surface area contributed by atoms with Gasteiger partial charge in [-0.3, -0.25) is 4.79 Å². The fourth-order valence-corrected chi connectivity index (χ4v) is 2.48. The van der Waals surface area contributed by atoms with Crippen LogP contribution >= 0.6 is 0 Å². The van der Waals surface area contributed by atoms with E-state index in [-0.39, 0.29) is 23.3 Å². The molecule has 0 aromatic rings. The van der Waals surface area contributed by atoms with Gasteiger partial charge in [-0.1, -0.05) is 13.8 Å². The van der Waals surface area contributed by atoms with Crippen molar-refractivity contribution in [2.75, 3.05) is 33.4 Å². The monoisotopic (exact) mass is 328 g/mol. The van der Waals surface area contributed by atoms with Crippen LogP contribution in [-0.4, -0.2) is 55.9 Å². The number of nitrogens with one attached hydrogen (secondary N) is 1. The van der Waals surface area contributed by atoms with Gasteiger partial charge in [0.25, 0.3) is 0 Å². The molecule has 6 heteroatoms. The highest BCUT2D eigenvalue weighted by molar-refractivity contribution is 5.82. The lowest BCUT2D eigenvalue weighted by Gasteiger charge is -2.32. The number of rotatable bonds is 5. The highest BCUT2D eigenvalue weighted by Gasteiger charge is 2.35. The van der Waals surface area contributed by atoms with Crippen molar-refractivity contribution in [3.05, 3.63) is 0 Å². The van der Waals surface area contributed by atoms with Gasteiger partial charge in [-0.05, 0) is 39.5 Å². The maximum absolute atomic E-state index is 12.4. The molecule has 1 rings (SSSR count). The Morgan fingerprint density at radius 2 is 1.87 bits per heavy atom. The summed E-state index contributed by atoms with van der Waals surface area (Å²) in [6.45, 7) is 11.9. The van der Waals surface area contributed by atoms with E-state index in [2.05, 4.69) is 5.32 Å². The lowest BCUT2D eigenvalue weighted by Crippen LogP contribution is -2.45. The third-order valence-electron chi connectivity index (χ3n) is 4.05. The lowest BCUT2D eigenvalue weighted by molar-refractivity contribution is -0.135. The van der Waals surface area contributed by atoms with Crippen molar-refractivity contribution in [3.8, 4) is 0 Å². The van der Waals surface area contributed by atoms with E-state index in [1.165, 1.54) is 0 Å². The summed E-state index contributed by atoms with van der Waals surface area (Å²) in [7, 11) is 1.71. The van der Waals surface area contributed by atoms with Crippen LogP contribution < -0.4 is 5.32 Å². The van der Waals surface area contributed by atoms with Crippen LogP contribution in [0.1, 0.15) is 47.5 Å². The molecule has 0 aromatic heterocycles. The van der Waals surface area contributed by atoms with Crippen molar-refractivity contribution in [3.63, 3.8) is 0 Å². The fraction of sp³-hybridized carbons (Fsp3) is 0.882. The van der Waals surface area contributed by atoms with Gasteiger partial charge >= 0.3 is 6.09 Å². The molecular weight excluding hydrogens is 296 g/mol. The van der Waals surface area contributed by atoms with E-state index in [1.807, 2.05) is 34.6 Å². The minimum atomic E-state index is -0.500. The SMILES string of the molecule is C[C@@H](CNC(=O)C1(C)CCOCC1)CN(C)C(=O)OC(C)(C)C. The molecule has 1 fully saturated rings. The van der Waals surface area contributed by atoms with Gasteiger partial charge in [0.15, 0.2) is 0 Å². The molecule has 0 aliphatic carbocycles. The smallest absolute Gasteiger partial charge is 0.410 e. The number of amides is 2. The lowest BCUT2D eigenvalue weighted by atomic mass is 9.81. The Kier molecular flexibility index (Phi) is 6.86. The van der Waals surface area contributed by atoms with E-state index < -0.39 is 5.60 Å². The Balaban J connectivity index is 2.37. The number of ether oxygens (including phenoxy) is 2. The molecule has 0 saturated carbocycles. The van der Waals surface area contributed by atoms with Gasteiger partial charge in [0.2, 0.25) is 5.91 Å². The highest BCUT2D eigenvalue weighted by Crippen LogP contribution is 2.29. The Bertz CT molecular complexity index is 411. The predicted molar refractivity (Wildman–Crippen MR) is 89.2 cm³/mol. The van der Waals surface area contributed by atoms with Crippen molar-refractivity contribution in [1.82, 2.24) is 10.2 Å². The highest BCUT2D eigenvalue weighted by atomic mass is 16.6. The molecule has 0 bridgehead atoms. The Labute approximate surface area is 139 Å². The first-order chi connectivity index (χ1) is 10.5. The molecule has 1 aliphatic heterocycles. The van der Waals surface area contributed by atoms with Crippen molar-refractivity contribution in [2.24, 2.45) is 11.3 Å². The molecule has 0 spiro atoms. The number of hydrogen-bond donors (Lipinski definition) is 1. The van der Waals surface area contributed by atoms with Gasteiger partial charge in [-0.25, -0.2) is 4.79 Å². The van der Waals surface area contributed by atoms with E-state index in [0.29, 0.717) is 26.3 Å². The van der Waals surface area contributed by atoms with Crippen molar-refractivity contribution in [2.45, 2.75) is 53.1 Å². The summed E-state index contributed by atoms with van der Waals surface area (Å²) in [5.41, 5.74) is -0.838. The molecular formula is C17H32N2O4. The summed E-state index contributed by atoms with van der Waals surface area (Å²) < 4.78 is 10.6. The van der Waals surface area contributed by atoms with Gasteiger partial charge in [0, 0.05) is 33.4 Å². The standard InChI is InChI=1S/C17H32N2O4/c1-13(12-19(6)15(21)23-16(2,3)4)11-18-14(20)17(5)7-9-22-10-8-17/h13H,7-12H2,1-6H3,(H,18,20)/t13-/m0/s1. The molecule has 0 unspecified atom stereocenters. The zero-order valence-electron chi connectivity index (χ0n) is 15.4. The Morgan fingerprint density at radius 3 is 2.39 bits per heavy atom. The predicted octanol–water partition coefficient (Wildman–Crippen LogP) is 2.42. The molecule has 23 heavy (non-hydrogen) atoms. The van der Waals surface area contributed by atoms with Crippen molar-refractivity contribution in [1.29, 1.82) is 0 Å². The molecule has 1 N–H and O–H groups in total. The summed E-state index contributed by atoms with van der Waals surface area (Å²) in [6, 6.07) is 0. The maximum Gasteiger partial charge on any atom is 0.410 e. The molecule has 2 amide bonds. The van der Waals surface area contributed by atoms with Gasteiger partial charge in [-0.15, -0.1) is 0 Å². The van der Waals surface area contributed by atoms with Crippen LogP contribution in [0.4, 0.5) is 4.79 Å². The molecule has 134 valence electrons. The summed E-state index contributed by atoms with van der Waals surface area (Å²) in [6.07, 6.45) is 1.17. The minimum absolute atomic E-state index is 0.0765. The second kappa shape index (κ2) is 7.99. The van der Waals surface area contributed by atoms with Crippen LogP contribution in [0.2, 0.25) is 0 Å². The van der Waals surface area contributed by atoms with Crippen LogP contribution in [0.5, 0.6) is 0 Å². The molecule has 1 saturated heterocycles. The largest absolute Gasteiger partial charge is 0.444 e. The zero-order chi connectivity index (χ0) is 17.7.